The average molecular weight is 164 g/mol. The van der Waals surface area contributed by atoms with E-state index in [1.807, 2.05) is 38.6 Å². The van der Waals surface area contributed by atoms with Crippen LogP contribution in [0.4, 0.5) is 0 Å². The maximum Gasteiger partial charge on any atom is 0.0489 e. The van der Waals surface area contributed by atoms with Gasteiger partial charge in [-0.2, -0.15) is 10.2 Å². The molecule has 0 saturated heterocycles. The first-order valence-electron chi connectivity index (χ1n) is 3.66. The first-order chi connectivity index (χ1) is 5.79. The Morgan fingerprint density at radius 1 is 0.833 bits per heavy atom. The Kier molecular flexibility index (Phi) is 3.07. The van der Waals surface area contributed by atoms with E-state index in [9.17, 15) is 0 Å². The molecule has 0 aliphatic heterocycles. The fourth-order valence-electron chi connectivity index (χ4n) is 0.690. The van der Waals surface area contributed by atoms with Gasteiger partial charge in [0.2, 0.25) is 0 Å². The maximum atomic E-state index is 3.83. The second-order valence-electron chi connectivity index (χ2n) is 2.36. The second kappa shape index (κ2) is 4.33. The minimum atomic E-state index is 1.75. The summed E-state index contributed by atoms with van der Waals surface area (Å²) in [6, 6.07) is 3.78. The molecule has 12 heavy (non-hydrogen) atoms. The Morgan fingerprint density at radius 3 is 1.33 bits per heavy atom. The van der Waals surface area contributed by atoms with Gasteiger partial charge < -0.3 is 0 Å². The maximum absolute atomic E-state index is 3.83. The van der Waals surface area contributed by atoms with Gasteiger partial charge in [0.05, 0.1) is 0 Å². The van der Waals surface area contributed by atoms with Crippen molar-refractivity contribution in [3.63, 3.8) is 0 Å². The van der Waals surface area contributed by atoms with Gasteiger partial charge in [0.15, 0.2) is 0 Å². The molecule has 4 heteroatoms. The summed E-state index contributed by atoms with van der Waals surface area (Å²) in [6.45, 7) is 0. The highest BCUT2D eigenvalue weighted by molar-refractivity contribution is 4.76. The summed E-state index contributed by atoms with van der Waals surface area (Å²) in [6.07, 6.45) is 7.28. The highest BCUT2D eigenvalue weighted by atomic mass is 15.2. The molecule has 0 radical (unpaired) electrons. The molecule has 4 nitrogen and oxygen atoms in total. The van der Waals surface area contributed by atoms with Gasteiger partial charge in [-0.1, -0.05) is 0 Å². The normalized spacial score (nSPS) is 8.83. The highest BCUT2D eigenvalue weighted by Gasteiger charge is 1.69. The van der Waals surface area contributed by atoms with Crippen LogP contribution in [0.25, 0.3) is 0 Å². The monoisotopic (exact) mass is 164 g/mol. The minimum Gasteiger partial charge on any atom is -0.276 e. The second-order valence-corrected chi connectivity index (χ2v) is 2.36. The van der Waals surface area contributed by atoms with Crippen molar-refractivity contribution in [2.24, 2.45) is 14.1 Å². The van der Waals surface area contributed by atoms with E-state index in [4.69, 9.17) is 0 Å². The molecule has 0 spiro atoms. The van der Waals surface area contributed by atoms with Crippen LogP contribution in [0.5, 0.6) is 0 Å². The molecular weight excluding hydrogens is 152 g/mol. The number of nitrogens with zero attached hydrogens (tertiary/aromatic N) is 4. The van der Waals surface area contributed by atoms with Crippen molar-refractivity contribution in [3.05, 3.63) is 36.9 Å². The van der Waals surface area contributed by atoms with E-state index in [0.29, 0.717) is 0 Å². The highest BCUT2D eigenvalue weighted by Crippen LogP contribution is 1.73. The first-order valence-corrected chi connectivity index (χ1v) is 3.66. The van der Waals surface area contributed by atoms with Gasteiger partial charge in [-0.25, -0.2) is 0 Å². The van der Waals surface area contributed by atoms with E-state index in [0.717, 1.165) is 0 Å². The van der Waals surface area contributed by atoms with E-state index >= 15 is 0 Å². The molecule has 2 aromatic heterocycles. The lowest BCUT2D eigenvalue weighted by molar-refractivity contribution is 0.767. The van der Waals surface area contributed by atoms with Gasteiger partial charge >= 0.3 is 0 Å². The van der Waals surface area contributed by atoms with E-state index in [-0.39, 0.29) is 0 Å². The summed E-state index contributed by atoms with van der Waals surface area (Å²) in [5, 5.41) is 7.67. The van der Waals surface area contributed by atoms with Crippen molar-refractivity contribution >= 4 is 0 Å². The molecule has 0 amide bonds. The topological polar surface area (TPSA) is 35.6 Å². The standard InChI is InChI=1S/2C4H6N2/c2*1-6-4-2-3-5-6/h2*2-4H,1H3. The largest absolute Gasteiger partial charge is 0.276 e. The molecule has 0 N–H and O–H groups in total. The predicted molar refractivity (Wildman–Crippen MR) is 46.4 cm³/mol. The smallest absolute Gasteiger partial charge is 0.0489 e. The van der Waals surface area contributed by atoms with Crippen LogP contribution in [-0.2, 0) is 14.1 Å². The quantitative estimate of drug-likeness (QED) is 0.578. The molecule has 0 saturated carbocycles. The summed E-state index contributed by atoms with van der Waals surface area (Å²) in [5.41, 5.74) is 0. The fourth-order valence-corrected chi connectivity index (χ4v) is 0.690. The summed E-state index contributed by atoms with van der Waals surface area (Å²) in [4.78, 5) is 0. The third-order valence-electron chi connectivity index (χ3n) is 1.27. The molecule has 0 atom stereocenters. The van der Waals surface area contributed by atoms with Crippen LogP contribution in [0.2, 0.25) is 0 Å². The Balaban J connectivity index is 0.000000120. The lowest BCUT2D eigenvalue weighted by Crippen LogP contribution is -1.83. The van der Waals surface area contributed by atoms with Crippen LogP contribution in [0, 0.1) is 0 Å². The van der Waals surface area contributed by atoms with Crippen LogP contribution >= 0.6 is 0 Å². The summed E-state index contributed by atoms with van der Waals surface area (Å²) < 4.78 is 3.50. The zero-order valence-electron chi connectivity index (χ0n) is 7.25. The molecule has 64 valence electrons. The van der Waals surface area contributed by atoms with E-state index in [1.54, 1.807) is 21.8 Å². The van der Waals surface area contributed by atoms with Gasteiger partial charge in [-0.3, -0.25) is 9.36 Å². The van der Waals surface area contributed by atoms with Crippen LogP contribution < -0.4 is 0 Å². The molecule has 0 bridgehead atoms. The van der Waals surface area contributed by atoms with Crippen LogP contribution in [-0.4, -0.2) is 19.6 Å². The van der Waals surface area contributed by atoms with Crippen LogP contribution in [0.3, 0.4) is 0 Å². The SMILES string of the molecule is Cn1cccn1.Cn1cccn1. The lowest BCUT2D eigenvalue weighted by Gasteiger charge is -1.77. The van der Waals surface area contributed by atoms with Gasteiger partial charge in [-0.05, 0) is 12.1 Å². The van der Waals surface area contributed by atoms with Gasteiger partial charge in [0.25, 0.3) is 0 Å². The van der Waals surface area contributed by atoms with Crippen molar-refractivity contribution in [1.29, 1.82) is 0 Å². The Bertz CT molecular complexity index is 250. The minimum absolute atomic E-state index is 1.75. The predicted octanol–water partition coefficient (Wildman–Crippen LogP) is 0.840. The van der Waals surface area contributed by atoms with E-state index < -0.39 is 0 Å². The Hall–Kier alpha value is -1.58. The lowest BCUT2D eigenvalue weighted by atomic mass is 10.8. The fraction of sp³-hybridized carbons (Fsp3) is 0.250. The molecule has 2 heterocycles. The van der Waals surface area contributed by atoms with Gasteiger partial charge in [-0.15, -0.1) is 0 Å². The van der Waals surface area contributed by atoms with Crippen molar-refractivity contribution in [1.82, 2.24) is 19.6 Å². The molecule has 2 aromatic rings. The molecule has 2 rings (SSSR count). The third kappa shape index (κ3) is 3.01. The van der Waals surface area contributed by atoms with Gasteiger partial charge in [0.1, 0.15) is 0 Å². The molecule has 0 unspecified atom stereocenters. The summed E-state index contributed by atoms with van der Waals surface area (Å²) in [5.74, 6) is 0. The van der Waals surface area contributed by atoms with Crippen molar-refractivity contribution in [2.45, 2.75) is 0 Å². The number of hydrogen-bond donors (Lipinski definition) is 0. The average Bonchev–Trinajstić information content (AvgIpc) is 2.63. The number of rotatable bonds is 0. The van der Waals surface area contributed by atoms with Crippen molar-refractivity contribution < 1.29 is 0 Å². The third-order valence-corrected chi connectivity index (χ3v) is 1.27. The van der Waals surface area contributed by atoms with E-state index in [2.05, 4.69) is 10.2 Å². The summed E-state index contributed by atoms with van der Waals surface area (Å²) in [7, 11) is 3.78. The molecule has 0 fully saturated rings. The molecule has 0 aromatic carbocycles. The molecule has 0 aliphatic rings. The summed E-state index contributed by atoms with van der Waals surface area (Å²) >= 11 is 0. The zero-order chi connectivity index (χ0) is 8.81. The first kappa shape index (κ1) is 8.52. The number of aryl methyl sites for hydroxylation is 2. The van der Waals surface area contributed by atoms with Crippen LogP contribution in [0.1, 0.15) is 0 Å². The molecular formula is C8H12N4. The Labute approximate surface area is 71.4 Å². The zero-order valence-corrected chi connectivity index (χ0v) is 7.25. The van der Waals surface area contributed by atoms with Gasteiger partial charge in [0, 0.05) is 38.9 Å². The molecule has 0 aliphatic carbocycles. The van der Waals surface area contributed by atoms with E-state index in [1.165, 1.54) is 0 Å². The number of aromatic nitrogens is 4. The van der Waals surface area contributed by atoms with Crippen LogP contribution in [0.15, 0.2) is 36.9 Å². The van der Waals surface area contributed by atoms with Crippen molar-refractivity contribution in [2.75, 3.05) is 0 Å². The number of hydrogen-bond acceptors (Lipinski definition) is 2. The Morgan fingerprint density at radius 2 is 1.25 bits per heavy atom. The van der Waals surface area contributed by atoms with Crippen molar-refractivity contribution in [3.8, 4) is 0 Å².